The molecule has 8 nitrogen and oxygen atoms in total. The first-order valence-corrected chi connectivity index (χ1v) is 11.3. The van der Waals surface area contributed by atoms with Gasteiger partial charge in [0, 0.05) is 31.8 Å². The molecule has 6 rings (SSSR count). The van der Waals surface area contributed by atoms with Crippen LogP contribution >= 0.6 is 0 Å². The SMILES string of the molecule is Fc1c(Nc2ncnc3ccc(N4C[C@@H]5C[C@H]4CN5)nc23)ccc(OC[C@H]2CCCO2)c1F. The number of hydrogen-bond acceptors (Lipinski definition) is 8. The maximum Gasteiger partial charge on any atom is 0.202 e. The van der Waals surface area contributed by atoms with E-state index in [1.165, 1.54) is 18.5 Å². The predicted molar refractivity (Wildman–Crippen MR) is 119 cm³/mol. The smallest absolute Gasteiger partial charge is 0.202 e. The highest BCUT2D eigenvalue weighted by Gasteiger charge is 2.38. The Balaban J connectivity index is 1.26. The van der Waals surface area contributed by atoms with Crippen LogP contribution in [0.4, 0.5) is 26.1 Å². The van der Waals surface area contributed by atoms with E-state index in [2.05, 4.69) is 25.5 Å². The van der Waals surface area contributed by atoms with Crippen molar-refractivity contribution >= 4 is 28.4 Å². The van der Waals surface area contributed by atoms with Crippen LogP contribution in [-0.2, 0) is 4.74 Å². The average molecular weight is 454 g/mol. The topological polar surface area (TPSA) is 84.4 Å². The Labute approximate surface area is 189 Å². The summed E-state index contributed by atoms with van der Waals surface area (Å²) in [5.41, 5.74) is 1.08. The zero-order valence-electron chi connectivity index (χ0n) is 17.9. The third kappa shape index (κ3) is 3.83. The van der Waals surface area contributed by atoms with Crippen LogP contribution in [0.25, 0.3) is 11.0 Å². The maximum atomic E-state index is 14.8. The van der Waals surface area contributed by atoms with E-state index in [1.54, 1.807) is 0 Å². The first kappa shape index (κ1) is 20.5. The Morgan fingerprint density at radius 1 is 1.18 bits per heavy atom. The van der Waals surface area contributed by atoms with Gasteiger partial charge in [-0.05, 0) is 43.5 Å². The van der Waals surface area contributed by atoms with Gasteiger partial charge in [-0.1, -0.05) is 0 Å². The Morgan fingerprint density at radius 2 is 2.12 bits per heavy atom. The molecule has 172 valence electrons. The minimum atomic E-state index is -1.05. The van der Waals surface area contributed by atoms with Gasteiger partial charge in [0.25, 0.3) is 0 Å². The molecule has 0 aliphatic carbocycles. The highest BCUT2D eigenvalue weighted by atomic mass is 19.2. The van der Waals surface area contributed by atoms with E-state index in [0.29, 0.717) is 35.5 Å². The molecular formula is C23H24F2N6O2. The van der Waals surface area contributed by atoms with Gasteiger partial charge in [-0.3, -0.25) is 0 Å². The van der Waals surface area contributed by atoms with Crippen molar-refractivity contribution in [2.75, 3.05) is 36.5 Å². The third-order valence-corrected chi connectivity index (χ3v) is 6.57. The summed E-state index contributed by atoms with van der Waals surface area (Å²) in [6.07, 6.45) is 4.20. The number of hydrogen-bond donors (Lipinski definition) is 2. The summed E-state index contributed by atoms with van der Waals surface area (Å²) in [5, 5.41) is 6.37. The minimum Gasteiger partial charge on any atom is -0.488 e. The first-order chi connectivity index (χ1) is 16.2. The highest BCUT2D eigenvalue weighted by Crippen LogP contribution is 2.32. The second-order valence-corrected chi connectivity index (χ2v) is 8.72. The molecule has 3 fully saturated rings. The molecule has 2 aromatic heterocycles. The number of ether oxygens (including phenoxy) is 2. The van der Waals surface area contributed by atoms with E-state index < -0.39 is 11.6 Å². The molecule has 2 bridgehead atoms. The summed E-state index contributed by atoms with van der Waals surface area (Å²) in [7, 11) is 0. The number of benzene rings is 1. The number of aromatic nitrogens is 3. The van der Waals surface area contributed by atoms with Crippen molar-refractivity contribution in [1.29, 1.82) is 0 Å². The van der Waals surface area contributed by atoms with Crippen LogP contribution in [-0.4, -0.2) is 59.4 Å². The molecule has 0 amide bonds. The summed E-state index contributed by atoms with van der Waals surface area (Å²) in [6, 6.07) is 7.56. The van der Waals surface area contributed by atoms with E-state index in [-0.39, 0.29) is 24.1 Å². The van der Waals surface area contributed by atoms with Gasteiger partial charge in [-0.25, -0.2) is 19.3 Å². The number of piperazine rings is 1. The Hall–Kier alpha value is -3.11. The molecule has 0 saturated carbocycles. The summed E-state index contributed by atoms with van der Waals surface area (Å²) in [6.45, 7) is 2.70. The number of fused-ring (bicyclic) bond motifs is 3. The standard InChI is InChI=1S/C23H24F2N6O2/c24-20-16(3-5-18(21(20)25)33-11-15-2-1-7-32-15)29-23-22-17(27-12-28-23)4-6-19(30-22)31-10-13-8-14(31)9-26-13/h3-6,12-15,26H,1-2,7-11H2,(H,27,28,29)/t13-,14-,15+/m0/s1. The van der Waals surface area contributed by atoms with E-state index in [1.807, 2.05) is 12.1 Å². The van der Waals surface area contributed by atoms with Crippen molar-refractivity contribution in [2.24, 2.45) is 0 Å². The second kappa shape index (κ2) is 8.35. The monoisotopic (exact) mass is 454 g/mol. The fraction of sp³-hybridized carbons (Fsp3) is 0.435. The summed E-state index contributed by atoms with van der Waals surface area (Å²) in [5.74, 6) is -1.08. The van der Waals surface area contributed by atoms with Crippen LogP contribution in [0.5, 0.6) is 5.75 Å². The van der Waals surface area contributed by atoms with Crippen molar-refractivity contribution in [1.82, 2.24) is 20.3 Å². The lowest BCUT2D eigenvalue weighted by molar-refractivity contribution is 0.0663. The molecular weight excluding hydrogens is 430 g/mol. The van der Waals surface area contributed by atoms with Gasteiger partial charge in [0.1, 0.15) is 24.3 Å². The van der Waals surface area contributed by atoms with E-state index in [0.717, 1.165) is 38.2 Å². The lowest BCUT2D eigenvalue weighted by Gasteiger charge is -2.28. The largest absolute Gasteiger partial charge is 0.488 e. The normalized spacial score (nSPS) is 24.1. The molecule has 10 heteroatoms. The molecule has 33 heavy (non-hydrogen) atoms. The number of nitrogens with zero attached hydrogens (tertiary/aromatic N) is 4. The van der Waals surface area contributed by atoms with Crippen molar-refractivity contribution in [3.63, 3.8) is 0 Å². The van der Waals surface area contributed by atoms with Gasteiger partial charge in [-0.2, -0.15) is 4.39 Å². The fourth-order valence-corrected chi connectivity index (χ4v) is 4.85. The number of rotatable bonds is 6. The molecule has 0 radical (unpaired) electrons. The average Bonchev–Trinajstić information content (AvgIpc) is 3.60. The van der Waals surface area contributed by atoms with E-state index in [4.69, 9.17) is 14.5 Å². The molecule has 3 aliphatic heterocycles. The Bertz CT molecular complexity index is 1190. The van der Waals surface area contributed by atoms with Crippen LogP contribution < -0.4 is 20.3 Å². The molecule has 3 atom stereocenters. The molecule has 2 N–H and O–H groups in total. The van der Waals surface area contributed by atoms with Gasteiger partial charge in [0.15, 0.2) is 17.4 Å². The van der Waals surface area contributed by atoms with Gasteiger partial charge < -0.3 is 25.0 Å². The van der Waals surface area contributed by atoms with E-state index >= 15 is 0 Å². The molecule has 0 spiro atoms. The molecule has 3 saturated heterocycles. The van der Waals surface area contributed by atoms with Crippen molar-refractivity contribution in [2.45, 2.75) is 37.5 Å². The second-order valence-electron chi connectivity index (χ2n) is 8.72. The van der Waals surface area contributed by atoms with Crippen molar-refractivity contribution in [3.8, 4) is 5.75 Å². The van der Waals surface area contributed by atoms with Crippen molar-refractivity contribution in [3.05, 3.63) is 42.2 Å². The molecule has 5 heterocycles. The molecule has 3 aliphatic rings. The van der Waals surface area contributed by atoms with Crippen LogP contribution in [0, 0.1) is 11.6 Å². The minimum absolute atomic E-state index is 0.0476. The van der Waals surface area contributed by atoms with Gasteiger partial charge in [-0.15, -0.1) is 0 Å². The van der Waals surface area contributed by atoms with Crippen LogP contribution in [0.2, 0.25) is 0 Å². The summed E-state index contributed by atoms with van der Waals surface area (Å²) < 4.78 is 40.4. The third-order valence-electron chi connectivity index (χ3n) is 6.57. The summed E-state index contributed by atoms with van der Waals surface area (Å²) in [4.78, 5) is 15.6. The van der Waals surface area contributed by atoms with Gasteiger partial charge in [0.2, 0.25) is 5.82 Å². The number of halogens is 2. The Kier molecular flexibility index (Phi) is 5.18. The van der Waals surface area contributed by atoms with Gasteiger partial charge >= 0.3 is 0 Å². The molecule has 1 aromatic carbocycles. The quantitative estimate of drug-likeness (QED) is 0.588. The fourth-order valence-electron chi connectivity index (χ4n) is 4.85. The number of nitrogens with one attached hydrogen (secondary N) is 2. The lowest BCUT2D eigenvalue weighted by Crippen LogP contribution is -2.44. The van der Waals surface area contributed by atoms with Crippen LogP contribution in [0.3, 0.4) is 0 Å². The zero-order chi connectivity index (χ0) is 22.4. The van der Waals surface area contributed by atoms with E-state index in [9.17, 15) is 8.78 Å². The summed E-state index contributed by atoms with van der Waals surface area (Å²) >= 11 is 0. The maximum absolute atomic E-state index is 14.8. The lowest BCUT2D eigenvalue weighted by atomic mass is 10.2. The number of anilines is 3. The molecule has 0 unspecified atom stereocenters. The zero-order valence-corrected chi connectivity index (χ0v) is 17.9. The Morgan fingerprint density at radius 3 is 2.91 bits per heavy atom. The molecule has 3 aromatic rings. The van der Waals surface area contributed by atoms with Crippen LogP contribution in [0.15, 0.2) is 30.6 Å². The van der Waals surface area contributed by atoms with Crippen molar-refractivity contribution < 1.29 is 18.3 Å². The van der Waals surface area contributed by atoms with Gasteiger partial charge in [0.05, 0.1) is 17.3 Å². The first-order valence-electron chi connectivity index (χ1n) is 11.3. The predicted octanol–water partition coefficient (Wildman–Crippen LogP) is 3.15. The number of pyridine rings is 1. The highest BCUT2D eigenvalue weighted by molar-refractivity contribution is 5.88. The van der Waals surface area contributed by atoms with Crippen LogP contribution in [0.1, 0.15) is 19.3 Å².